The highest BCUT2D eigenvalue weighted by Gasteiger charge is 2.24. The lowest BCUT2D eigenvalue weighted by Gasteiger charge is -2.34. The van der Waals surface area contributed by atoms with Crippen LogP contribution in [0.2, 0.25) is 0 Å². The Kier molecular flexibility index (Phi) is 6.69. The quantitative estimate of drug-likeness (QED) is 0.848. The molecular weight excluding hydrogens is 264 g/mol. The van der Waals surface area contributed by atoms with Crippen molar-refractivity contribution in [3.8, 4) is 0 Å². The molecule has 0 aromatic heterocycles. The molecule has 0 bridgehead atoms. The maximum Gasteiger partial charge on any atom is 0.222 e. The fourth-order valence-corrected chi connectivity index (χ4v) is 2.85. The molecule has 0 aliphatic carbocycles. The van der Waals surface area contributed by atoms with Gasteiger partial charge in [-0.25, -0.2) is 0 Å². The van der Waals surface area contributed by atoms with Crippen molar-refractivity contribution >= 4 is 11.8 Å². The average molecular weight is 296 g/mol. The highest BCUT2D eigenvalue weighted by atomic mass is 16.2. The van der Waals surface area contributed by atoms with E-state index in [9.17, 15) is 9.59 Å². The number of likely N-dealkylation sites (tertiary alicyclic amines) is 1. The molecular formula is C17H32N2O2. The zero-order valence-electron chi connectivity index (χ0n) is 14.4. The summed E-state index contributed by atoms with van der Waals surface area (Å²) in [4.78, 5) is 25.8. The molecule has 4 heteroatoms. The van der Waals surface area contributed by atoms with E-state index in [4.69, 9.17) is 0 Å². The molecule has 0 radical (unpaired) electrons. The summed E-state index contributed by atoms with van der Waals surface area (Å²) < 4.78 is 0. The van der Waals surface area contributed by atoms with Gasteiger partial charge in [-0.1, -0.05) is 13.8 Å². The summed E-state index contributed by atoms with van der Waals surface area (Å²) in [5.74, 6) is 1.71. The molecule has 1 fully saturated rings. The second-order valence-corrected chi connectivity index (χ2v) is 7.61. The maximum absolute atomic E-state index is 12.1. The van der Waals surface area contributed by atoms with Gasteiger partial charge in [-0.05, 0) is 51.9 Å². The topological polar surface area (TPSA) is 49.4 Å². The van der Waals surface area contributed by atoms with Gasteiger partial charge in [0.05, 0.1) is 0 Å². The smallest absolute Gasteiger partial charge is 0.222 e. The first-order chi connectivity index (χ1) is 9.69. The monoisotopic (exact) mass is 296 g/mol. The van der Waals surface area contributed by atoms with Crippen molar-refractivity contribution in [3.63, 3.8) is 0 Å². The third kappa shape index (κ3) is 6.96. The predicted molar refractivity (Wildman–Crippen MR) is 85.9 cm³/mol. The summed E-state index contributed by atoms with van der Waals surface area (Å²) in [6, 6.07) is 0. The standard InChI is InChI=1S/C17H32N2O2/c1-13(2)14-9-11-19(12-10-14)16(21)8-6-7-15(20)18-17(3,4)5/h13-14H,6-12H2,1-5H3,(H,18,20). The Bertz CT molecular complexity index is 350. The molecule has 122 valence electrons. The summed E-state index contributed by atoms with van der Waals surface area (Å²) in [6.07, 6.45) is 3.81. The van der Waals surface area contributed by atoms with E-state index in [0.717, 1.165) is 31.8 Å². The molecule has 1 heterocycles. The second-order valence-electron chi connectivity index (χ2n) is 7.61. The molecule has 0 saturated carbocycles. The molecule has 21 heavy (non-hydrogen) atoms. The van der Waals surface area contributed by atoms with Crippen molar-refractivity contribution in [2.45, 2.75) is 72.3 Å². The molecule has 1 saturated heterocycles. The van der Waals surface area contributed by atoms with Crippen LogP contribution in [-0.2, 0) is 9.59 Å². The van der Waals surface area contributed by atoms with Gasteiger partial charge in [0.15, 0.2) is 0 Å². The molecule has 0 atom stereocenters. The molecule has 4 nitrogen and oxygen atoms in total. The van der Waals surface area contributed by atoms with Gasteiger partial charge in [-0.3, -0.25) is 9.59 Å². The van der Waals surface area contributed by atoms with Crippen molar-refractivity contribution in [3.05, 3.63) is 0 Å². The fourth-order valence-electron chi connectivity index (χ4n) is 2.85. The lowest BCUT2D eigenvalue weighted by atomic mass is 9.86. The van der Waals surface area contributed by atoms with Crippen molar-refractivity contribution in [1.82, 2.24) is 10.2 Å². The minimum absolute atomic E-state index is 0.0359. The molecule has 0 aromatic carbocycles. The predicted octanol–water partition coefficient (Wildman–Crippen LogP) is 2.97. The summed E-state index contributed by atoms with van der Waals surface area (Å²) in [6.45, 7) is 12.2. The van der Waals surface area contributed by atoms with Crippen LogP contribution in [0.4, 0.5) is 0 Å². The average Bonchev–Trinajstić information content (AvgIpc) is 2.36. The number of piperidine rings is 1. The molecule has 0 spiro atoms. The van der Waals surface area contributed by atoms with E-state index in [1.165, 1.54) is 0 Å². The highest BCUT2D eigenvalue weighted by molar-refractivity contribution is 5.79. The molecule has 2 amide bonds. The van der Waals surface area contributed by atoms with Crippen LogP contribution in [0.15, 0.2) is 0 Å². The van der Waals surface area contributed by atoms with Gasteiger partial charge in [0.2, 0.25) is 11.8 Å². The van der Waals surface area contributed by atoms with E-state index in [-0.39, 0.29) is 17.4 Å². The number of carbonyl (C=O) groups is 2. The van der Waals surface area contributed by atoms with Crippen LogP contribution >= 0.6 is 0 Å². The Hall–Kier alpha value is -1.06. The Balaban J connectivity index is 2.22. The van der Waals surface area contributed by atoms with E-state index >= 15 is 0 Å². The zero-order chi connectivity index (χ0) is 16.0. The summed E-state index contributed by atoms with van der Waals surface area (Å²) in [7, 11) is 0. The zero-order valence-corrected chi connectivity index (χ0v) is 14.4. The fraction of sp³-hybridized carbons (Fsp3) is 0.882. The van der Waals surface area contributed by atoms with Crippen molar-refractivity contribution in [2.24, 2.45) is 11.8 Å². The molecule has 0 unspecified atom stereocenters. The highest BCUT2D eigenvalue weighted by Crippen LogP contribution is 2.24. The number of hydrogen-bond acceptors (Lipinski definition) is 2. The lowest BCUT2D eigenvalue weighted by molar-refractivity contribution is -0.133. The lowest BCUT2D eigenvalue weighted by Crippen LogP contribution is -2.41. The van der Waals surface area contributed by atoms with Crippen molar-refractivity contribution < 1.29 is 9.59 Å². The Morgan fingerprint density at radius 3 is 2.19 bits per heavy atom. The van der Waals surface area contributed by atoms with Gasteiger partial charge in [0.1, 0.15) is 0 Å². The first-order valence-corrected chi connectivity index (χ1v) is 8.28. The first-order valence-electron chi connectivity index (χ1n) is 8.28. The maximum atomic E-state index is 12.1. The van der Waals surface area contributed by atoms with Gasteiger partial charge < -0.3 is 10.2 Å². The van der Waals surface area contributed by atoms with Gasteiger partial charge >= 0.3 is 0 Å². The third-order valence-corrected chi connectivity index (χ3v) is 4.14. The van der Waals surface area contributed by atoms with Gasteiger partial charge in [0, 0.05) is 31.5 Å². The number of amides is 2. The minimum atomic E-state index is -0.195. The van der Waals surface area contributed by atoms with E-state index in [2.05, 4.69) is 19.2 Å². The molecule has 1 rings (SSSR count). The number of carbonyl (C=O) groups excluding carboxylic acids is 2. The van der Waals surface area contributed by atoms with E-state index in [1.54, 1.807) is 0 Å². The minimum Gasteiger partial charge on any atom is -0.352 e. The van der Waals surface area contributed by atoms with Crippen LogP contribution in [0.5, 0.6) is 0 Å². The van der Waals surface area contributed by atoms with E-state index in [0.29, 0.717) is 25.2 Å². The molecule has 0 aromatic rings. The van der Waals surface area contributed by atoms with Crippen LogP contribution in [0.3, 0.4) is 0 Å². The summed E-state index contributed by atoms with van der Waals surface area (Å²) in [5.41, 5.74) is -0.195. The van der Waals surface area contributed by atoms with Gasteiger partial charge in [-0.15, -0.1) is 0 Å². The van der Waals surface area contributed by atoms with Gasteiger partial charge in [-0.2, -0.15) is 0 Å². The van der Waals surface area contributed by atoms with Crippen LogP contribution in [0, 0.1) is 11.8 Å². The third-order valence-electron chi connectivity index (χ3n) is 4.14. The van der Waals surface area contributed by atoms with Crippen molar-refractivity contribution in [1.29, 1.82) is 0 Å². The van der Waals surface area contributed by atoms with Crippen LogP contribution in [0.1, 0.15) is 66.7 Å². The van der Waals surface area contributed by atoms with Crippen LogP contribution in [0.25, 0.3) is 0 Å². The molecule has 1 aliphatic rings. The number of nitrogens with one attached hydrogen (secondary N) is 1. The van der Waals surface area contributed by atoms with Crippen molar-refractivity contribution in [2.75, 3.05) is 13.1 Å². The Morgan fingerprint density at radius 1 is 1.14 bits per heavy atom. The Labute approximate surface area is 129 Å². The first kappa shape index (κ1) is 18.0. The Morgan fingerprint density at radius 2 is 1.71 bits per heavy atom. The van der Waals surface area contributed by atoms with Gasteiger partial charge in [0.25, 0.3) is 0 Å². The molecule has 1 aliphatic heterocycles. The number of rotatable bonds is 5. The number of hydrogen-bond donors (Lipinski definition) is 1. The normalized spacial score (nSPS) is 17.1. The van der Waals surface area contributed by atoms with Crippen LogP contribution < -0.4 is 5.32 Å². The van der Waals surface area contributed by atoms with E-state index < -0.39 is 0 Å². The number of nitrogens with zero attached hydrogens (tertiary/aromatic N) is 1. The SMILES string of the molecule is CC(C)C1CCN(C(=O)CCCC(=O)NC(C)(C)C)CC1. The second kappa shape index (κ2) is 7.81. The van der Waals surface area contributed by atoms with E-state index in [1.807, 2.05) is 25.7 Å². The summed E-state index contributed by atoms with van der Waals surface area (Å²) >= 11 is 0. The summed E-state index contributed by atoms with van der Waals surface area (Å²) in [5, 5.41) is 2.93. The van der Waals surface area contributed by atoms with Crippen LogP contribution in [-0.4, -0.2) is 35.3 Å². The largest absolute Gasteiger partial charge is 0.352 e. The molecule has 1 N–H and O–H groups in total.